The second kappa shape index (κ2) is 59.1. The lowest BCUT2D eigenvalue weighted by Crippen LogP contribution is -2.45. The molecule has 0 bridgehead atoms. The lowest BCUT2D eigenvalue weighted by Gasteiger charge is -2.20. The van der Waals surface area contributed by atoms with Gasteiger partial charge in [0, 0.05) is 12.8 Å². The highest BCUT2D eigenvalue weighted by molar-refractivity contribution is 5.76. The van der Waals surface area contributed by atoms with Crippen molar-refractivity contribution in [2.45, 2.75) is 321 Å². The van der Waals surface area contributed by atoms with E-state index in [1.165, 1.54) is 218 Å². The summed E-state index contributed by atoms with van der Waals surface area (Å²) in [5, 5.41) is 23.2. The van der Waals surface area contributed by atoms with E-state index in [4.69, 9.17) is 4.74 Å². The quantitative estimate of drug-likeness (QED) is 0.0321. The minimum Gasteiger partial charge on any atom is -0.465 e. The molecule has 1 amide bonds. The predicted molar refractivity (Wildman–Crippen MR) is 305 cm³/mol. The van der Waals surface area contributed by atoms with E-state index in [-0.39, 0.29) is 18.5 Å². The zero-order chi connectivity index (χ0) is 50.7. The van der Waals surface area contributed by atoms with Gasteiger partial charge in [-0.2, -0.15) is 0 Å². The van der Waals surface area contributed by atoms with Crippen LogP contribution < -0.4 is 5.32 Å². The first-order valence-electron chi connectivity index (χ1n) is 30.6. The van der Waals surface area contributed by atoms with Gasteiger partial charge in [-0.05, 0) is 83.5 Å². The number of allylic oxidation sites excluding steroid dienone is 8. The van der Waals surface area contributed by atoms with Gasteiger partial charge in [-0.3, -0.25) is 9.59 Å². The number of hydrogen-bond donors (Lipinski definition) is 3. The summed E-state index contributed by atoms with van der Waals surface area (Å²) in [5.41, 5.74) is 0. The lowest BCUT2D eigenvalue weighted by atomic mass is 10.0. The highest BCUT2D eigenvalue weighted by Crippen LogP contribution is 2.16. The van der Waals surface area contributed by atoms with Crippen LogP contribution >= 0.6 is 0 Å². The van der Waals surface area contributed by atoms with Crippen molar-refractivity contribution in [3.05, 3.63) is 60.8 Å². The van der Waals surface area contributed by atoms with Crippen molar-refractivity contribution in [1.29, 1.82) is 0 Å². The normalized spacial score (nSPS) is 13.0. The van der Waals surface area contributed by atoms with Crippen molar-refractivity contribution in [3.8, 4) is 0 Å². The summed E-state index contributed by atoms with van der Waals surface area (Å²) >= 11 is 0. The number of aliphatic hydroxyl groups is 2. The van der Waals surface area contributed by atoms with Crippen LogP contribution in [0.5, 0.6) is 0 Å². The highest BCUT2D eigenvalue weighted by Gasteiger charge is 2.18. The Bertz CT molecular complexity index is 1220. The Hall–Kier alpha value is -2.44. The van der Waals surface area contributed by atoms with Gasteiger partial charge in [0.25, 0.3) is 0 Å². The fraction of sp³-hybridized carbons (Fsp3) is 0.812. The summed E-state index contributed by atoms with van der Waals surface area (Å²) in [5.74, 6) is -0.123. The molecule has 2 unspecified atom stereocenters. The minimum absolute atomic E-state index is 0.0504. The van der Waals surface area contributed by atoms with E-state index in [1.54, 1.807) is 6.08 Å². The van der Waals surface area contributed by atoms with Crippen molar-refractivity contribution in [2.75, 3.05) is 13.2 Å². The smallest absolute Gasteiger partial charge is 0.305 e. The number of unbranched alkanes of at least 4 members (excludes halogenated alkanes) is 37. The zero-order valence-corrected chi connectivity index (χ0v) is 46.5. The summed E-state index contributed by atoms with van der Waals surface area (Å²) < 4.78 is 5.41. The molecule has 0 aromatic heterocycles. The van der Waals surface area contributed by atoms with Crippen molar-refractivity contribution in [3.63, 3.8) is 0 Å². The van der Waals surface area contributed by atoms with Crippen LogP contribution in [0.4, 0.5) is 0 Å². The largest absolute Gasteiger partial charge is 0.465 e. The maximum absolute atomic E-state index is 12.5. The average molecular weight is 981 g/mol. The average Bonchev–Trinajstić information content (AvgIpc) is 3.36. The minimum atomic E-state index is -0.850. The highest BCUT2D eigenvalue weighted by atomic mass is 16.5. The Morgan fingerprint density at radius 2 is 0.714 bits per heavy atom. The van der Waals surface area contributed by atoms with Gasteiger partial charge in [0.2, 0.25) is 5.91 Å². The molecule has 0 spiro atoms. The van der Waals surface area contributed by atoms with Gasteiger partial charge < -0.3 is 20.3 Å². The van der Waals surface area contributed by atoms with E-state index in [1.807, 2.05) is 6.08 Å². The number of nitrogens with one attached hydrogen (secondary N) is 1. The third kappa shape index (κ3) is 54.9. The SMILES string of the molecule is CCCCC/C=C\C/C=C\CCCCCCCC(=O)OCC/C=C\C/C=C\CCCCCCCCCCCCCCCCC(=O)NC(CO)C(O)/C=C/CCCCCCCCCCCCCCCCC. The summed E-state index contributed by atoms with van der Waals surface area (Å²) in [7, 11) is 0. The van der Waals surface area contributed by atoms with Crippen LogP contribution in [0.1, 0.15) is 309 Å². The van der Waals surface area contributed by atoms with Crippen LogP contribution in [0.25, 0.3) is 0 Å². The first kappa shape index (κ1) is 67.6. The molecule has 6 nitrogen and oxygen atoms in total. The topological polar surface area (TPSA) is 95.9 Å². The lowest BCUT2D eigenvalue weighted by molar-refractivity contribution is -0.143. The van der Waals surface area contributed by atoms with Gasteiger partial charge in [0.1, 0.15) is 0 Å². The summed E-state index contributed by atoms with van der Waals surface area (Å²) in [6, 6.07) is -0.633. The number of carbonyl (C=O) groups excluding carboxylic acids is 2. The van der Waals surface area contributed by atoms with Crippen molar-refractivity contribution in [1.82, 2.24) is 5.32 Å². The van der Waals surface area contributed by atoms with Crippen LogP contribution in [0.15, 0.2) is 60.8 Å². The molecule has 70 heavy (non-hydrogen) atoms. The molecule has 0 aromatic rings. The Balaban J connectivity index is 3.50. The first-order chi connectivity index (χ1) is 34.5. The van der Waals surface area contributed by atoms with Crippen molar-refractivity contribution >= 4 is 11.9 Å². The van der Waals surface area contributed by atoms with Gasteiger partial charge in [-0.1, -0.05) is 274 Å². The molecule has 0 aromatic carbocycles. The van der Waals surface area contributed by atoms with Gasteiger partial charge in [-0.15, -0.1) is 0 Å². The predicted octanol–water partition coefficient (Wildman–Crippen LogP) is 19.1. The number of amides is 1. The van der Waals surface area contributed by atoms with Crippen LogP contribution in [0.2, 0.25) is 0 Å². The molecule has 6 heteroatoms. The number of esters is 1. The molecule has 0 saturated heterocycles. The fourth-order valence-corrected chi connectivity index (χ4v) is 9.09. The van der Waals surface area contributed by atoms with E-state index in [0.717, 1.165) is 64.2 Å². The Morgan fingerprint density at radius 3 is 1.11 bits per heavy atom. The third-order valence-electron chi connectivity index (χ3n) is 13.8. The molecule has 408 valence electrons. The third-order valence-corrected chi connectivity index (χ3v) is 13.8. The van der Waals surface area contributed by atoms with Gasteiger partial charge in [-0.25, -0.2) is 0 Å². The number of ether oxygens (including phenoxy) is 1. The molecule has 3 N–H and O–H groups in total. The Kier molecular flexibility index (Phi) is 57.1. The number of carbonyl (C=O) groups is 2. The van der Waals surface area contributed by atoms with E-state index in [2.05, 4.69) is 67.8 Å². The zero-order valence-electron chi connectivity index (χ0n) is 46.5. The molecule has 0 radical (unpaired) electrons. The summed E-state index contributed by atoms with van der Waals surface area (Å²) in [6.07, 6.45) is 76.9. The standard InChI is InChI=1S/C64H117NO5/c1-3-5-7-9-11-13-15-17-19-25-29-32-36-40-44-48-52-56-62(67)61(60-66)65-63(68)57-53-49-45-41-37-33-30-26-23-21-20-22-24-27-31-35-39-43-47-51-55-59-70-64(69)58-54-50-46-42-38-34-28-18-16-14-12-10-8-6-4-2/h12,14,18,28,35,39,47,51-52,56,61-62,66-67H,3-11,13,15-17,19-27,29-34,36-38,40-46,48-50,53-55,57-60H2,1-2H3,(H,65,68)/b14-12-,28-18-,39-35-,51-47-,56-52+. The molecule has 0 heterocycles. The van der Waals surface area contributed by atoms with Gasteiger partial charge >= 0.3 is 5.97 Å². The Morgan fingerprint density at radius 1 is 0.400 bits per heavy atom. The molecular formula is C64H117NO5. The van der Waals surface area contributed by atoms with Crippen LogP contribution in [-0.2, 0) is 14.3 Å². The van der Waals surface area contributed by atoms with Crippen molar-refractivity contribution < 1.29 is 24.5 Å². The fourth-order valence-electron chi connectivity index (χ4n) is 9.09. The molecule has 0 rings (SSSR count). The van der Waals surface area contributed by atoms with Gasteiger partial charge in [0.05, 0.1) is 25.4 Å². The molecule has 0 aliphatic rings. The van der Waals surface area contributed by atoms with E-state index < -0.39 is 12.1 Å². The maximum Gasteiger partial charge on any atom is 0.305 e. The molecule has 2 atom stereocenters. The van der Waals surface area contributed by atoms with Crippen LogP contribution in [0, 0.1) is 0 Å². The van der Waals surface area contributed by atoms with E-state index in [0.29, 0.717) is 19.4 Å². The maximum atomic E-state index is 12.5. The number of aliphatic hydroxyl groups excluding tert-OH is 2. The second-order valence-electron chi connectivity index (χ2n) is 20.7. The number of rotatable bonds is 56. The first-order valence-corrected chi connectivity index (χ1v) is 30.6. The molecule has 0 fully saturated rings. The van der Waals surface area contributed by atoms with E-state index >= 15 is 0 Å². The second-order valence-corrected chi connectivity index (χ2v) is 20.7. The molecule has 0 aliphatic carbocycles. The van der Waals surface area contributed by atoms with Crippen LogP contribution in [-0.4, -0.2) is 47.4 Å². The monoisotopic (exact) mass is 980 g/mol. The van der Waals surface area contributed by atoms with Gasteiger partial charge in [0.15, 0.2) is 0 Å². The summed E-state index contributed by atoms with van der Waals surface area (Å²) in [4.78, 5) is 24.5. The molecule has 0 aliphatic heterocycles. The Labute approximate surface area is 435 Å². The number of hydrogen-bond acceptors (Lipinski definition) is 5. The van der Waals surface area contributed by atoms with Crippen molar-refractivity contribution in [2.24, 2.45) is 0 Å². The molecule has 0 saturated carbocycles. The summed E-state index contributed by atoms with van der Waals surface area (Å²) in [6.45, 7) is 4.77. The van der Waals surface area contributed by atoms with Crippen LogP contribution in [0.3, 0.4) is 0 Å². The molecular weight excluding hydrogens is 863 g/mol. The van der Waals surface area contributed by atoms with E-state index in [9.17, 15) is 19.8 Å².